The van der Waals surface area contributed by atoms with Crippen molar-refractivity contribution in [2.24, 2.45) is 5.10 Å². The van der Waals surface area contributed by atoms with E-state index >= 15 is 0 Å². The monoisotopic (exact) mass is 514 g/mol. The second-order valence-corrected chi connectivity index (χ2v) is 8.87. The van der Waals surface area contributed by atoms with Gasteiger partial charge >= 0.3 is 0 Å². The van der Waals surface area contributed by atoms with E-state index < -0.39 is 60.2 Å². The van der Waals surface area contributed by atoms with Crippen LogP contribution < -0.4 is 10.1 Å². The molecule has 0 atom stereocenters. The second-order valence-electron chi connectivity index (χ2n) is 7.22. The van der Waals surface area contributed by atoms with Crippen LogP contribution in [0.3, 0.4) is 0 Å². The second kappa shape index (κ2) is 9.66. The van der Waals surface area contributed by atoms with Crippen molar-refractivity contribution in [1.82, 2.24) is 0 Å². The molecule has 0 bridgehead atoms. The fourth-order valence-electron chi connectivity index (χ4n) is 2.97. The predicted molar refractivity (Wildman–Crippen MR) is 117 cm³/mol. The lowest BCUT2D eigenvalue weighted by molar-refractivity contribution is -0.385. The maximum Gasteiger partial charge on any atom is 0.270 e. The number of benzene rings is 3. The summed E-state index contributed by atoms with van der Waals surface area (Å²) in [5, 5.41) is 14.5. The first kappa shape index (κ1) is 25.6. The molecule has 0 radical (unpaired) electrons. The third-order valence-electron chi connectivity index (χ3n) is 4.71. The summed E-state index contributed by atoms with van der Waals surface area (Å²) in [6.45, 7) is 3.42. The number of rotatable bonds is 7. The lowest BCUT2D eigenvalue weighted by atomic mass is 10.1. The van der Waals surface area contributed by atoms with Gasteiger partial charge in [0.25, 0.3) is 15.7 Å². The number of non-ortho nitro benzene ring substituents is 1. The minimum absolute atomic E-state index is 0.179. The number of nitro groups is 1. The van der Waals surface area contributed by atoms with E-state index in [1.165, 1.54) is 6.07 Å². The first-order chi connectivity index (χ1) is 16.3. The highest BCUT2D eigenvalue weighted by Crippen LogP contribution is 2.29. The highest BCUT2D eigenvalue weighted by atomic mass is 32.2. The quantitative estimate of drug-likeness (QED) is 0.113. The molecular formula is C21H15F5N4O4S. The molecule has 0 saturated carbocycles. The lowest BCUT2D eigenvalue weighted by Gasteiger charge is -2.14. The molecule has 184 valence electrons. The van der Waals surface area contributed by atoms with E-state index in [0.29, 0.717) is 11.6 Å². The molecule has 0 aliphatic carbocycles. The normalized spacial score (nSPS) is 11.6. The Morgan fingerprint density at radius 2 is 1.46 bits per heavy atom. The molecule has 3 rings (SSSR count). The predicted octanol–water partition coefficient (Wildman–Crippen LogP) is 5.15. The van der Waals surface area contributed by atoms with Crippen LogP contribution in [0.5, 0.6) is 0 Å². The molecule has 0 aliphatic rings. The van der Waals surface area contributed by atoms with Crippen molar-refractivity contribution >= 4 is 33.3 Å². The zero-order valence-electron chi connectivity index (χ0n) is 17.9. The summed E-state index contributed by atoms with van der Waals surface area (Å²) in [5.41, 5.74) is 1.33. The number of hydrogen-bond acceptors (Lipinski definition) is 6. The molecule has 3 aromatic rings. The average Bonchev–Trinajstić information content (AvgIpc) is 2.80. The Kier molecular flexibility index (Phi) is 7.05. The number of hydrazone groups is 1. The number of nitrogens with zero attached hydrogens (tertiary/aromatic N) is 2. The summed E-state index contributed by atoms with van der Waals surface area (Å²) < 4.78 is 95.9. The zero-order valence-corrected chi connectivity index (χ0v) is 18.7. The molecule has 0 fully saturated rings. The van der Waals surface area contributed by atoms with Gasteiger partial charge in [-0.15, -0.1) is 0 Å². The summed E-state index contributed by atoms with van der Waals surface area (Å²) in [7, 11) is -4.47. The van der Waals surface area contributed by atoms with Crippen molar-refractivity contribution in [3.63, 3.8) is 0 Å². The van der Waals surface area contributed by atoms with Gasteiger partial charge in [0, 0.05) is 12.1 Å². The van der Waals surface area contributed by atoms with Crippen LogP contribution in [-0.4, -0.2) is 19.6 Å². The van der Waals surface area contributed by atoms with E-state index in [4.69, 9.17) is 0 Å². The molecule has 14 heteroatoms. The number of sulfonamides is 1. The Morgan fingerprint density at radius 3 is 2.03 bits per heavy atom. The number of anilines is 2. The molecule has 2 N–H and O–H groups in total. The minimum atomic E-state index is -4.47. The molecule has 0 heterocycles. The van der Waals surface area contributed by atoms with Crippen LogP contribution in [-0.2, 0) is 10.0 Å². The average molecular weight is 514 g/mol. The van der Waals surface area contributed by atoms with Gasteiger partial charge in [0.2, 0.25) is 5.82 Å². The number of halogens is 5. The van der Waals surface area contributed by atoms with Crippen molar-refractivity contribution in [3.05, 3.63) is 92.3 Å². The van der Waals surface area contributed by atoms with E-state index in [2.05, 4.69) is 15.2 Å². The van der Waals surface area contributed by atoms with Crippen molar-refractivity contribution < 1.29 is 35.3 Å². The molecule has 0 saturated heterocycles. The Bertz CT molecular complexity index is 1450. The van der Waals surface area contributed by atoms with Crippen LogP contribution in [0, 0.1) is 53.0 Å². The Labute approximate surface area is 195 Å². The van der Waals surface area contributed by atoms with Gasteiger partial charge in [-0.2, -0.15) is 5.10 Å². The van der Waals surface area contributed by atoms with Gasteiger partial charge in [-0.1, -0.05) is 17.7 Å². The third kappa shape index (κ3) is 5.21. The highest BCUT2D eigenvalue weighted by Gasteiger charge is 2.26. The summed E-state index contributed by atoms with van der Waals surface area (Å²) in [6.07, 6.45) is 0.256. The van der Waals surface area contributed by atoms with E-state index in [1.54, 1.807) is 26.0 Å². The van der Waals surface area contributed by atoms with Crippen LogP contribution in [0.25, 0.3) is 0 Å². The zero-order chi connectivity index (χ0) is 26.1. The van der Waals surface area contributed by atoms with Crippen molar-refractivity contribution in [1.29, 1.82) is 0 Å². The van der Waals surface area contributed by atoms with Gasteiger partial charge in [0.15, 0.2) is 23.3 Å². The van der Waals surface area contributed by atoms with Crippen molar-refractivity contribution in [2.45, 2.75) is 18.7 Å². The van der Waals surface area contributed by atoms with E-state index in [9.17, 15) is 40.5 Å². The number of nitro benzene ring substituents is 1. The minimum Gasteiger partial charge on any atom is -0.279 e. The molecule has 0 amide bonds. The molecule has 0 unspecified atom stereocenters. The molecule has 0 spiro atoms. The summed E-state index contributed by atoms with van der Waals surface area (Å²) in [6, 6.07) is 7.39. The van der Waals surface area contributed by atoms with Gasteiger partial charge < -0.3 is 0 Å². The van der Waals surface area contributed by atoms with Crippen LogP contribution >= 0.6 is 0 Å². The summed E-state index contributed by atoms with van der Waals surface area (Å²) in [4.78, 5) is 9.65. The van der Waals surface area contributed by atoms with Gasteiger partial charge in [-0.05, 0) is 31.5 Å². The first-order valence-corrected chi connectivity index (χ1v) is 11.0. The maximum absolute atomic E-state index is 13.8. The first-order valence-electron chi connectivity index (χ1n) is 9.52. The number of nitrogens with one attached hydrogen (secondary N) is 2. The number of hydrogen-bond donors (Lipinski definition) is 2. The third-order valence-corrected chi connectivity index (χ3v) is 6.12. The van der Waals surface area contributed by atoms with E-state index in [-0.39, 0.29) is 17.6 Å². The SMILES string of the molecule is Cc1ccc(NS(=O)(=O)c2cc([N+](=O)[O-])ccc2N/N=C\c2c(F)c(F)c(F)c(F)c2F)c(C)c1. The lowest BCUT2D eigenvalue weighted by Crippen LogP contribution is -2.16. The fourth-order valence-corrected chi connectivity index (χ4v) is 4.28. The molecule has 35 heavy (non-hydrogen) atoms. The van der Waals surface area contributed by atoms with Gasteiger partial charge in [0.05, 0.1) is 28.1 Å². The van der Waals surface area contributed by atoms with Crippen LogP contribution in [0.15, 0.2) is 46.4 Å². The Balaban J connectivity index is 2.02. The smallest absolute Gasteiger partial charge is 0.270 e. The molecule has 8 nitrogen and oxygen atoms in total. The van der Waals surface area contributed by atoms with Crippen LogP contribution in [0.4, 0.5) is 39.0 Å². The Morgan fingerprint density at radius 1 is 0.886 bits per heavy atom. The Hall–Kier alpha value is -4.07. The number of aryl methyl sites for hydroxylation is 2. The van der Waals surface area contributed by atoms with Crippen molar-refractivity contribution in [2.75, 3.05) is 10.1 Å². The molecule has 0 aliphatic heterocycles. The fraction of sp³-hybridized carbons (Fsp3) is 0.0952. The molecular weight excluding hydrogens is 499 g/mol. The van der Waals surface area contributed by atoms with Crippen LogP contribution in [0.1, 0.15) is 16.7 Å². The molecule has 3 aromatic carbocycles. The summed E-state index contributed by atoms with van der Waals surface area (Å²) in [5.74, 6) is -11.0. The standard InChI is InChI=1S/C21H15F5N4O4S/c1-10-3-5-14(11(2)7-10)29-35(33,34)16-8-12(30(31)32)4-6-15(16)28-27-9-13-17(22)19(24)21(26)20(25)18(13)23/h3-9,28-29H,1-2H3/b27-9-. The van der Waals surface area contributed by atoms with Gasteiger partial charge in [-0.3, -0.25) is 20.3 Å². The van der Waals surface area contributed by atoms with Crippen molar-refractivity contribution in [3.8, 4) is 0 Å². The molecule has 0 aromatic heterocycles. The van der Waals surface area contributed by atoms with Crippen LogP contribution in [0.2, 0.25) is 0 Å². The highest BCUT2D eigenvalue weighted by molar-refractivity contribution is 7.92. The van der Waals surface area contributed by atoms with Gasteiger partial charge in [-0.25, -0.2) is 30.4 Å². The van der Waals surface area contributed by atoms with Gasteiger partial charge in [0.1, 0.15) is 4.90 Å². The summed E-state index contributed by atoms with van der Waals surface area (Å²) >= 11 is 0. The maximum atomic E-state index is 13.8. The largest absolute Gasteiger partial charge is 0.279 e. The topological polar surface area (TPSA) is 114 Å². The van der Waals surface area contributed by atoms with E-state index in [0.717, 1.165) is 17.7 Å². The van der Waals surface area contributed by atoms with E-state index in [1.807, 2.05) is 0 Å².